The number of ether oxygens (including phenoxy) is 1. The van der Waals surface area contributed by atoms with Crippen LogP contribution in [0, 0.1) is 6.92 Å². The second-order valence-corrected chi connectivity index (χ2v) is 9.10. The Morgan fingerprint density at radius 3 is 2.45 bits per heavy atom. The molecule has 31 heavy (non-hydrogen) atoms. The third-order valence-corrected chi connectivity index (χ3v) is 7.05. The van der Waals surface area contributed by atoms with Crippen LogP contribution in [0.15, 0.2) is 59.8 Å². The SMILES string of the molecule is COc1ccc(S(=O)(=O)N2CCN(c3ccc(Nc4cccnc4)nn3)CC2)cc1C. The van der Waals surface area contributed by atoms with E-state index in [-0.39, 0.29) is 4.90 Å². The van der Waals surface area contributed by atoms with Gasteiger partial charge in [-0.1, -0.05) is 0 Å². The quantitative estimate of drug-likeness (QED) is 0.624. The van der Waals surface area contributed by atoms with Gasteiger partial charge in [0.2, 0.25) is 10.0 Å². The van der Waals surface area contributed by atoms with Crippen LogP contribution in [0.1, 0.15) is 5.56 Å². The molecule has 0 radical (unpaired) electrons. The van der Waals surface area contributed by atoms with Gasteiger partial charge < -0.3 is 15.0 Å². The molecule has 1 aromatic carbocycles. The van der Waals surface area contributed by atoms with Crippen LogP contribution < -0.4 is 15.0 Å². The molecule has 0 aliphatic carbocycles. The van der Waals surface area contributed by atoms with Crippen molar-refractivity contribution in [3.8, 4) is 5.75 Å². The van der Waals surface area contributed by atoms with Gasteiger partial charge >= 0.3 is 0 Å². The van der Waals surface area contributed by atoms with Crippen molar-refractivity contribution in [3.05, 3.63) is 60.4 Å². The molecule has 0 atom stereocenters. The largest absolute Gasteiger partial charge is 0.496 e. The van der Waals surface area contributed by atoms with Crippen LogP contribution in [-0.2, 0) is 10.0 Å². The van der Waals surface area contributed by atoms with E-state index in [0.717, 1.165) is 11.3 Å². The average Bonchev–Trinajstić information content (AvgIpc) is 2.80. The molecule has 1 saturated heterocycles. The molecule has 2 aromatic heterocycles. The maximum Gasteiger partial charge on any atom is 0.243 e. The first-order chi connectivity index (χ1) is 15.0. The zero-order chi connectivity index (χ0) is 21.8. The highest BCUT2D eigenvalue weighted by Crippen LogP contribution is 2.25. The van der Waals surface area contributed by atoms with E-state index in [9.17, 15) is 8.42 Å². The van der Waals surface area contributed by atoms with E-state index in [1.165, 1.54) is 4.31 Å². The van der Waals surface area contributed by atoms with Gasteiger partial charge in [0.05, 0.1) is 23.9 Å². The molecule has 0 amide bonds. The Bertz CT molecular complexity index is 1130. The molecule has 3 heterocycles. The number of aryl methyl sites for hydroxylation is 1. The molecular formula is C21H24N6O3S. The second-order valence-electron chi connectivity index (χ2n) is 7.17. The summed E-state index contributed by atoms with van der Waals surface area (Å²) in [6.45, 7) is 3.67. The van der Waals surface area contributed by atoms with Gasteiger partial charge in [-0.15, -0.1) is 10.2 Å². The summed E-state index contributed by atoms with van der Waals surface area (Å²) < 4.78 is 32.8. The summed E-state index contributed by atoms with van der Waals surface area (Å²) in [5, 5.41) is 11.6. The molecule has 1 fully saturated rings. The summed E-state index contributed by atoms with van der Waals surface area (Å²) in [6, 6.07) is 12.4. The lowest BCUT2D eigenvalue weighted by molar-refractivity contribution is 0.383. The lowest BCUT2D eigenvalue weighted by Gasteiger charge is -2.34. The maximum atomic E-state index is 13.0. The van der Waals surface area contributed by atoms with Crippen molar-refractivity contribution >= 4 is 27.3 Å². The van der Waals surface area contributed by atoms with Crippen LogP contribution >= 0.6 is 0 Å². The molecule has 1 N–H and O–H groups in total. The van der Waals surface area contributed by atoms with Crippen molar-refractivity contribution in [2.24, 2.45) is 0 Å². The molecular weight excluding hydrogens is 416 g/mol. The zero-order valence-corrected chi connectivity index (χ0v) is 18.2. The van der Waals surface area contributed by atoms with Crippen LogP contribution in [-0.4, -0.2) is 61.2 Å². The number of methoxy groups -OCH3 is 1. The summed E-state index contributed by atoms with van der Waals surface area (Å²) in [4.78, 5) is 6.37. The van der Waals surface area contributed by atoms with E-state index in [1.807, 2.05) is 36.1 Å². The van der Waals surface area contributed by atoms with Gasteiger partial charge in [0.1, 0.15) is 5.75 Å². The Morgan fingerprint density at radius 1 is 1.03 bits per heavy atom. The monoisotopic (exact) mass is 440 g/mol. The molecule has 162 valence electrons. The fourth-order valence-corrected chi connectivity index (χ4v) is 4.97. The maximum absolute atomic E-state index is 13.0. The minimum Gasteiger partial charge on any atom is -0.496 e. The highest BCUT2D eigenvalue weighted by Gasteiger charge is 2.29. The Balaban J connectivity index is 1.39. The number of nitrogens with zero attached hydrogens (tertiary/aromatic N) is 5. The molecule has 3 aromatic rings. The number of nitrogens with one attached hydrogen (secondary N) is 1. The highest BCUT2D eigenvalue weighted by molar-refractivity contribution is 7.89. The van der Waals surface area contributed by atoms with Gasteiger partial charge in [0.15, 0.2) is 11.6 Å². The number of rotatable bonds is 6. The van der Waals surface area contributed by atoms with Crippen molar-refractivity contribution in [1.82, 2.24) is 19.5 Å². The van der Waals surface area contributed by atoms with Crippen LogP contribution in [0.25, 0.3) is 0 Å². The first kappa shape index (κ1) is 21.0. The molecule has 0 bridgehead atoms. The van der Waals surface area contributed by atoms with E-state index in [2.05, 4.69) is 20.5 Å². The fourth-order valence-electron chi connectivity index (χ4n) is 3.46. The third kappa shape index (κ3) is 4.59. The highest BCUT2D eigenvalue weighted by atomic mass is 32.2. The molecule has 4 rings (SSSR count). The smallest absolute Gasteiger partial charge is 0.243 e. The number of aromatic nitrogens is 3. The van der Waals surface area contributed by atoms with E-state index < -0.39 is 10.0 Å². The molecule has 9 nitrogen and oxygen atoms in total. The number of pyridine rings is 1. The van der Waals surface area contributed by atoms with Crippen LogP contribution in [0.3, 0.4) is 0 Å². The number of piperazine rings is 1. The summed E-state index contributed by atoms with van der Waals surface area (Å²) >= 11 is 0. The lowest BCUT2D eigenvalue weighted by Crippen LogP contribution is -2.49. The van der Waals surface area contributed by atoms with E-state index in [0.29, 0.717) is 43.6 Å². The summed E-state index contributed by atoms with van der Waals surface area (Å²) in [5.74, 6) is 2.01. The van der Waals surface area contributed by atoms with Gasteiger partial charge in [0, 0.05) is 32.4 Å². The molecule has 1 aliphatic heterocycles. The van der Waals surface area contributed by atoms with Gasteiger partial charge in [-0.05, 0) is 55.0 Å². The first-order valence-electron chi connectivity index (χ1n) is 9.88. The third-order valence-electron chi connectivity index (χ3n) is 5.15. The van der Waals surface area contributed by atoms with Crippen LogP contribution in [0.5, 0.6) is 5.75 Å². The van der Waals surface area contributed by atoms with Crippen molar-refractivity contribution < 1.29 is 13.2 Å². The summed E-state index contributed by atoms with van der Waals surface area (Å²) in [6.07, 6.45) is 3.41. The van der Waals surface area contributed by atoms with Gasteiger partial charge in [0.25, 0.3) is 0 Å². The number of benzene rings is 1. The Labute approximate surface area is 181 Å². The van der Waals surface area contributed by atoms with Crippen molar-refractivity contribution in [1.29, 1.82) is 0 Å². The molecule has 0 saturated carbocycles. The number of hydrogen-bond donors (Lipinski definition) is 1. The minimum absolute atomic E-state index is 0.282. The summed E-state index contributed by atoms with van der Waals surface area (Å²) in [7, 11) is -1.99. The summed E-state index contributed by atoms with van der Waals surface area (Å²) in [5.41, 5.74) is 1.62. The van der Waals surface area contributed by atoms with Crippen molar-refractivity contribution in [2.45, 2.75) is 11.8 Å². The molecule has 10 heteroatoms. The van der Waals surface area contributed by atoms with E-state index in [4.69, 9.17) is 4.74 Å². The Morgan fingerprint density at radius 2 is 1.84 bits per heavy atom. The average molecular weight is 441 g/mol. The Hall–Kier alpha value is -3.24. The normalized spacial score (nSPS) is 15.0. The standard InChI is InChI=1S/C21H24N6O3S/c1-16-14-18(5-6-19(16)30-2)31(28,29)27-12-10-26(11-13-27)21-8-7-20(24-25-21)23-17-4-3-9-22-15-17/h3-9,14-15H,10-13H2,1-2H3,(H,23,24). The molecule has 0 spiro atoms. The predicted octanol–water partition coefficient (Wildman–Crippen LogP) is 2.44. The zero-order valence-electron chi connectivity index (χ0n) is 17.4. The van der Waals surface area contributed by atoms with Crippen LogP contribution in [0.2, 0.25) is 0 Å². The first-order valence-corrected chi connectivity index (χ1v) is 11.3. The number of anilines is 3. The predicted molar refractivity (Wildman–Crippen MR) is 118 cm³/mol. The second kappa shape index (κ2) is 8.86. The van der Waals surface area contributed by atoms with Gasteiger partial charge in [-0.3, -0.25) is 4.98 Å². The lowest BCUT2D eigenvalue weighted by atomic mass is 10.2. The van der Waals surface area contributed by atoms with E-state index >= 15 is 0 Å². The van der Waals surface area contributed by atoms with Crippen LogP contribution in [0.4, 0.5) is 17.3 Å². The number of hydrogen-bond acceptors (Lipinski definition) is 8. The minimum atomic E-state index is -3.56. The molecule has 0 unspecified atom stereocenters. The van der Waals surface area contributed by atoms with Crippen molar-refractivity contribution in [2.75, 3.05) is 43.5 Å². The molecule has 1 aliphatic rings. The Kier molecular flexibility index (Phi) is 6.01. The van der Waals surface area contributed by atoms with Gasteiger partial charge in [-0.25, -0.2) is 8.42 Å². The van der Waals surface area contributed by atoms with E-state index in [1.54, 1.807) is 37.7 Å². The topological polar surface area (TPSA) is 101 Å². The van der Waals surface area contributed by atoms with Crippen molar-refractivity contribution in [3.63, 3.8) is 0 Å². The van der Waals surface area contributed by atoms with Gasteiger partial charge in [-0.2, -0.15) is 4.31 Å². The number of sulfonamides is 1. The fraction of sp³-hybridized carbons (Fsp3) is 0.286.